The van der Waals surface area contributed by atoms with E-state index in [-0.39, 0.29) is 12.0 Å². The van der Waals surface area contributed by atoms with E-state index in [9.17, 15) is 10.2 Å². The Labute approximate surface area is 73.4 Å². The van der Waals surface area contributed by atoms with E-state index in [4.69, 9.17) is 4.74 Å². The zero-order valence-corrected chi connectivity index (χ0v) is 7.62. The third kappa shape index (κ3) is 1.79. The summed E-state index contributed by atoms with van der Waals surface area (Å²) in [6.45, 7) is 0.415. The van der Waals surface area contributed by atoms with Gasteiger partial charge in [-0.1, -0.05) is 12.8 Å². The van der Waals surface area contributed by atoms with Gasteiger partial charge in [-0.15, -0.1) is 0 Å². The van der Waals surface area contributed by atoms with E-state index in [1.54, 1.807) is 7.11 Å². The molecule has 1 rings (SSSR count). The van der Waals surface area contributed by atoms with Crippen molar-refractivity contribution in [1.29, 1.82) is 0 Å². The number of aliphatic hydroxyl groups is 2. The second-order valence-corrected chi connectivity index (χ2v) is 3.70. The van der Waals surface area contributed by atoms with Gasteiger partial charge in [0.1, 0.15) is 0 Å². The van der Waals surface area contributed by atoms with E-state index in [1.165, 1.54) is 0 Å². The maximum absolute atomic E-state index is 9.71. The van der Waals surface area contributed by atoms with Gasteiger partial charge in [0.05, 0.1) is 19.3 Å². The van der Waals surface area contributed by atoms with Gasteiger partial charge in [-0.2, -0.15) is 0 Å². The number of methoxy groups -OCH3 is 1. The summed E-state index contributed by atoms with van der Waals surface area (Å²) in [5.41, 5.74) is -0.268. The molecule has 2 N–H and O–H groups in total. The Bertz CT molecular complexity index is 130. The van der Waals surface area contributed by atoms with Gasteiger partial charge in [0.25, 0.3) is 0 Å². The summed E-state index contributed by atoms with van der Waals surface area (Å²) in [6.07, 6.45) is 3.57. The molecule has 0 aromatic heterocycles. The van der Waals surface area contributed by atoms with Crippen molar-refractivity contribution >= 4 is 0 Å². The zero-order valence-electron chi connectivity index (χ0n) is 7.62. The quantitative estimate of drug-likeness (QED) is 0.654. The summed E-state index contributed by atoms with van der Waals surface area (Å²) in [5, 5.41) is 18.9. The Morgan fingerprint density at radius 2 is 2.00 bits per heavy atom. The third-order valence-corrected chi connectivity index (χ3v) is 2.95. The molecule has 1 aliphatic carbocycles. The summed E-state index contributed by atoms with van der Waals surface area (Å²) in [5.74, 6) is 0. The van der Waals surface area contributed by atoms with E-state index in [0.717, 1.165) is 25.7 Å². The fourth-order valence-corrected chi connectivity index (χ4v) is 2.01. The summed E-state index contributed by atoms with van der Waals surface area (Å²) in [7, 11) is 1.57. The van der Waals surface area contributed by atoms with Crippen molar-refractivity contribution in [3.05, 3.63) is 0 Å². The molecule has 0 saturated heterocycles. The molecule has 0 amide bonds. The first-order valence-corrected chi connectivity index (χ1v) is 4.53. The first-order chi connectivity index (χ1) is 5.75. The Balaban J connectivity index is 2.52. The van der Waals surface area contributed by atoms with Gasteiger partial charge in [-0.25, -0.2) is 0 Å². The number of aliphatic hydroxyl groups excluding tert-OH is 2. The highest BCUT2D eigenvalue weighted by atomic mass is 16.5. The van der Waals surface area contributed by atoms with Crippen LogP contribution in [0.5, 0.6) is 0 Å². The predicted octanol–water partition coefficient (Wildman–Crippen LogP) is 0.546. The Morgan fingerprint density at radius 3 is 2.42 bits per heavy atom. The standard InChI is InChI=1S/C9H18O3/c1-12-6-8(11)9(7-10)4-2-3-5-9/h8,10-11H,2-7H2,1H3/t8-/m1/s1. The van der Waals surface area contributed by atoms with Gasteiger partial charge in [-0.3, -0.25) is 0 Å². The smallest absolute Gasteiger partial charge is 0.0851 e. The second-order valence-electron chi connectivity index (χ2n) is 3.70. The molecule has 72 valence electrons. The third-order valence-electron chi connectivity index (χ3n) is 2.95. The Morgan fingerprint density at radius 1 is 1.42 bits per heavy atom. The van der Waals surface area contributed by atoms with E-state index in [0.29, 0.717) is 6.61 Å². The highest BCUT2D eigenvalue weighted by Gasteiger charge is 2.39. The minimum absolute atomic E-state index is 0.0809. The normalized spacial score (nSPS) is 24.2. The van der Waals surface area contributed by atoms with Crippen molar-refractivity contribution in [2.24, 2.45) is 5.41 Å². The van der Waals surface area contributed by atoms with E-state index < -0.39 is 6.10 Å². The molecule has 1 saturated carbocycles. The number of hydrogen-bond donors (Lipinski definition) is 2. The molecule has 0 spiro atoms. The van der Waals surface area contributed by atoms with Crippen LogP contribution in [0.3, 0.4) is 0 Å². The van der Waals surface area contributed by atoms with Crippen molar-refractivity contribution in [2.45, 2.75) is 31.8 Å². The lowest BCUT2D eigenvalue weighted by Gasteiger charge is -2.31. The van der Waals surface area contributed by atoms with Crippen molar-refractivity contribution in [3.8, 4) is 0 Å². The number of ether oxygens (including phenoxy) is 1. The van der Waals surface area contributed by atoms with Crippen LogP contribution in [-0.4, -0.2) is 36.6 Å². The van der Waals surface area contributed by atoms with Crippen molar-refractivity contribution in [1.82, 2.24) is 0 Å². The molecule has 0 aromatic carbocycles. The molecule has 0 heterocycles. The van der Waals surface area contributed by atoms with Gasteiger partial charge in [-0.05, 0) is 12.8 Å². The molecular weight excluding hydrogens is 156 g/mol. The van der Waals surface area contributed by atoms with Crippen LogP contribution in [0, 0.1) is 5.41 Å². The molecule has 3 nitrogen and oxygen atoms in total. The monoisotopic (exact) mass is 174 g/mol. The van der Waals surface area contributed by atoms with Gasteiger partial charge in [0, 0.05) is 12.5 Å². The molecule has 3 heteroatoms. The van der Waals surface area contributed by atoms with Gasteiger partial charge < -0.3 is 14.9 Å². The Hall–Kier alpha value is -0.120. The highest BCUT2D eigenvalue weighted by molar-refractivity contribution is 4.90. The van der Waals surface area contributed by atoms with E-state index in [2.05, 4.69) is 0 Å². The zero-order chi connectivity index (χ0) is 9.03. The van der Waals surface area contributed by atoms with Crippen LogP contribution in [-0.2, 0) is 4.74 Å². The molecule has 0 radical (unpaired) electrons. The van der Waals surface area contributed by atoms with Gasteiger partial charge in [0.2, 0.25) is 0 Å². The van der Waals surface area contributed by atoms with Crippen molar-refractivity contribution in [3.63, 3.8) is 0 Å². The highest BCUT2D eigenvalue weighted by Crippen LogP contribution is 2.40. The average molecular weight is 174 g/mol. The first kappa shape index (κ1) is 9.96. The topological polar surface area (TPSA) is 49.7 Å². The summed E-state index contributed by atoms with van der Waals surface area (Å²) < 4.78 is 4.88. The van der Waals surface area contributed by atoms with E-state index >= 15 is 0 Å². The molecule has 1 fully saturated rings. The molecule has 1 aliphatic rings. The lowest BCUT2D eigenvalue weighted by molar-refractivity contribution is -0.0529. The SMILES string of the molecule is COC[C@@H](O)C1(CO)CCCC1. The molecule has 0 aliphatic heterocycles. The summed E-state index contributed by atoms with van der Waals surface area (Å²) >= 11 is 0. The lowest BCUT2D eigenvalue weighted by atomic mass is 9.81. The Kier molecular flexibility index (Phi) is 3.50. The van der Waals surface area contributed by atoms with Crippen LogP contribution < -0.4 is 0 Å². The van der Waals surface area contributed by atoms with Crippen LogP contribution in [0.25, 0.3) is 0 Å². The fourth-order valence-electron chi connectivity index (χ4n) is 2.01. The number of hydrogen-bond acceptors (Lipinski definition) is 3. The van der Waals surface area contributed by atoms with Crippen LogP contribution >= 0.6 is 0 Å². The minimum Gasteiger partial charge on any atom is -0.396 e. The number of rotatable bonds is 4. The van der Waals surface area contributed by atoms with Crippen molar-refractivity contribution in [2.75, 3.05) is 20.3 Å². The summed E-state index contributed by atoms with van der Waals surface area (Å²) in [6, 6.07) is 0. The van der Waals surface area contributed by atoms with E-state index in [1.807, 2.05) is 0 Å². The molecule has 1 atom stereocenters. The van der Waals surface area contributed by atoms with Crippen LogP contribution in [0.1, 0.15) is 25.7 Å². The maximum Gasteiger partial charge on any atom is 0.0851 e. The predicted molar refractivity (Wildman–Crippen MR) is 45.9 cm³/mol. The fraction of sp³-hybridized carbons (Fsp3) is 1.00. The average Bonchev–Trinajstić information content (AvgIpc) is 2.54. The van der Waals surface area contributed by atoms with Crippen molar-refractivity contribution < 1.29 is 14.9 Å². The van der Waals surface area contributed by atoms with Crippen LogP contribution in [0.4, 0.5) is 0 Å². The van der Waals surface area contributed by atoms with Gasteiger partial charge >= 0.3 is 0 Å². The summed E-state index contributed by atoms with van der Waals surface area (Å²) in [4.78, 5) is 0. The maximum atomic E-state index is 9.71. The molecule has 0 aromatic rings. The molecule has 12 heavy (non-hydrogen) atoms. The lowest BCUT2D eigenvalue weighted by Crippen LogP contribution is -2.39. The van der Waals surface area contributed by atoms with Gasteiger partial charge in [0.15, 0.2) is 0 Å². The molecule has 0 bridgehead atoms. The molecule has 0 unspecified atom stereocenters. The largest absolute Gasteiger partial charge is 0.396 e. The molecular formula is C9H18O3. The minimum atomic E-state index is -0.505. The second kappa shape index (κ2) is 4.21. The first-order valence-electron chi connectivity index (χ1n) is 4.53. The van der Waals surface area contributed by atoms with Crippen LogP contribution in [0.15, 0.2) is 0 Å². The van der Waals surface area contributed by atoms with Crippen LogP contribution in [0.2, 0.25) is 0 Å².